The fourth-order valence-corrected chi connectivity index (χ4v) is 2.69. The Kier molecular flexibility index (Phi) is 3.17. The fraction of sp³-hybridized carbons (Fsp3) is 0.182. The van der Waals surface area contributed by atoms with E-state index in [0.29, 0.717) is 5.32 Å². The number of carbonyl (C=O) groups excluding carboxylic acids is 1. The van der Waals surface area contributed by atoms with E-state index in [9.17, 15) is 4.79 Å². The van der Waals surface area contributed by atoms with Crippen LogP contribution >= 0.6 is 0 Å². The molecule has 0 spiro atoms. The van der Waals surface area contributed by atoms with E-state index in [1.807, 2.05) is 24.3 Å². The molecule has 2 rings (SSSR count). The Hall–Kier alpha value is -1.45. The topological polar surface area (TPSA) is 65.5 Å². The van der Waals surface area contributed by atoms with Gasteiger partial charge in [0.2, 0.25) is 0 Å². The van der Waals surface area contributed by atoms with Gasteiger partial charge in [0.25, 0.3) is 0 Å². The summed E-state index contributed by atoms with van der Waals surface area (Å²) in [5.74, 6) is 0.500. The SMILES string of the molecule is COc1ccc2oc([Se]CC(N)=O)cc2c1. The van der Waals surface area contributed by atoms with Crippen LogP contribution in [-0.4, -0.2) is 28.0 Å². The van der Waals surface area contributed by atoms with Gasteiger partial charge in [-0.05, 0) is 0 Å². The second kappa shape index (κ2) is 4.60. The van der Waals surface area contributed by atoms with E-state index in [4.69, 9.17) is 14.9 Å². The number of rotatable bonds is 4. The molecule has 16 heavy (non-hydrogen) atoms. The molecular weight excluding hydrogens is 273 g/mol. The molecule has 4 nitrogen and oxygen atoms in total. The molecule has 2 N–H and O–H groups in total. The van der Waals surface area contributed by atoms with Gasteiger partial charge in [0, 0.05) is 0 Å². The number of methoxy groups -OCH3 is 1. The summed E-state index contributed by atoms with van der Waals surface area (Å²) in [5.41, 5.74) is 5.90. The molecule has 0 unspecified atom stereocenters. The Balaban J connectivity index is 2.25. The molecule has 0 aliphatic rings. The Labute approximate surface area is 98.9 Å². The molecule has 1 amide bonds. The zero-order valence-electron chi connectivity index (χ0n) is 8.73. The number of primary amides is 1. The number of furan rings is 1. The maximum atomic E-state index is 10.7. The molecule has 0 fully saturated rings. The summed E-state index contributed by atoms with van der Waals surface area (Å²) in [6, 6.07) is 7.54. The molecule has 0 saturated carbocycles. The van der Waals surface area contributed by atoms with Crippen LogP contribution in [0.25, 0.3) is 11.0 Å². The molecular formula is C11H11NO3Se. The second-order valence-corrected chi connectivity index (χ2v) is 5.28. The number of benzene rings is 1. The van der Waals surface area contributed by atoms with Gasteiger partial charge in [-0.15, -0.1) is 0 Å². The Morgan fingerprint density at radius 3 is 3.00 bits per heavy atom. The normalized spacial score (nSPS) is 10.6. The first-order chi connectivity index (χ1) is 7.69. The van der Waals surface area contributed by atoms with Crippen molar-refractivity contribution in [2.24, 2.45) is 5.73 Å². The second-order valence-electron chi connectivity index (χ2n) is 3.22. The molecule has 0 saturated heterocycles. The van der Waals surface area contributed by atoms with E-state index in [-0.39, 0.29) is 20.9 Å². The Morgan fingerprint density at radius 1 is 1.50 bits per heavy atom. The van der Waals surface area contributed by atoms with Crippen molar-refractivity contribution < 1.29 is 13.9 Å². The zero-order chi connectivity index (χ0) is 11.5. The maximum absolute atomic E-state index is 10.7. The first-order valence-electron chi connectivity index (χ1n) is 4.68. The first kappa shape index (κ1) is 11.0. The molecule has 0 atom stereocenters. The number of nitrogens with two attached hydrogens (primary N) is 1. The number of hydrogen-bond donors (Lipinski definition) is 1. The fourth-order valence-electron chi connectivity index (χ4n) is 1.34. The third-order valence-electron chi connectivity index (χ3n) is 2.06. The molecule has 1 heterocycles. The van der Waals surface area contributed by atoms with Crippen LogP contribution in [-0.2, 0) is 4.79 Å². The molecule has 0 aliphatic heterocycles. The van der Waals surface area contributed by atoms with Crippen LogP contribution in [0.4, 0.5) is 0 Å². The third kappa shape index (κ3) is 2.37. The number of carbonyl (C=O) groups is 1. The van der Waals surface area contributed by atoms with Gasteiger partial charge in [0.15, 0.2) is 0 Å². The Morgan fingerprint density at radius 2 is 2.31 bits per heavy atom. The molecule has 1 aromatic heterocycles. The minimum atomic E-state index is -0.293. The van der Waals surface area contributed by atoms with Crippen molar-refractivity contribution in [3.05, 3.63) is 24.3 Å². The van der Waals surface area contributed by atoms with Crippen LogP contribution < -0.4 is 15.1 Å². The van der Waals surface area contributed by atoms with E-state index < -0.39 is 0 Å². The van der Waals surface area contributed by atoms with E-state index in [1.54, 1.807) is 7.11 Å². The van der Waals surface area contributed by atoms with E-state index in [1.165, 1.54) is 0 Å². The van der Waals surface area contributed by atoms with Crippen molar-refractivity contribution in [1.29, 1.82) is 0 Å². The Bertz CT molecular complexity index is 521. The van der Waals surface area contributed by atoms with Crippen LogP contribution in [0.2, 0.25) is 5.32 Å². The predicted octanol–water partition coefficient (Wildman–Crippen LogP) is 0.674. The summed E-state index contributed by atoms with van der Waals surface area (Å²) in [6.07, 6.45) is 0. The summed E-state index contributed by atoms with van der Waals surface area (Å²) >= 11 is -0.0297. The molecule has 0 radical (unpaired) electrons. The van der Waals surface area contributed by atoms with E-state index in [0.717, 1.165) is 21.4 Å². The summed E-state index contributed by atoms with van der Waals surface area (Å²) in [6.45, 7) is 0. The average Bonchev–Trinajstić information content (AvgIpc) is 2.67. The standard InChI is InChI=1S/C11H11NO3Se/c1-14-8-2-3-9-7(4-8)5-11(15-9)16-6-10(12)13/h2-5H,6H2,1H3,(H2,12,13). The minimum absolute atomic E-state index is 0.0297. The van der Waals surface area contributed by atoms with Crippen molar-refractivity contribution in [2.75, 3.05) is 7.11 Å². The van der Waals surface area contributed by atoms with Gasteiger partial charge in [-0.2, -0.15) is 0 Å². The average molecular weight is 284 g/mol. The van der Waals surface area contributed by atoms with Gasteiger partial charge < -0.3 is 0 Å². The van der Waals surface area contributed by atoms with Crippen molar-refractivity contribution in [1.82, 2.24) is 0 Å². The van der Waals surface area contributed by atoms with Crippen LogP contribution in [0.3, 0.4) is 0 Å². The number of ether oxygens (including phenoxy) is 1. The van der Waals surface area contributed by atoms with Crippen LogP contribution in [0.15, 0.2) is 28.7 Å². The number of fused-ring (bicyclic) bond motifs is 1. The summed E-state index contributed by atoms with van der Waals surface area (Å²) in [4.78, 5) is 10.7. The summed E-state index contributed by atoms with van der Waals surface area (Å²) in [7, 11) is 1.62. The quantitative estimate of drug-likeness (QED) is 0.839. The molecule has 2 aromatic rings. The van der Waals surface area contributed by atoms with Gasteiger partial charge in [-0.3, -0.25) is 0 Å². The molecule has 0 bridgehead atoms. The molecule has 1 aromatic carbocycles. The van der Waals surface area contributed by atoms with Gasteiger partial charge >= 0.3 is 98.6 Å². The summed E-state index contributed by atoms with van der Waals surface area (Å²) in [5, 5.41) is 1.35. The monoisotopic (exact) mass is 285 g/mol. The van der Waals surface area contributed by atoms with Gasteiger partial charge in [0.05, 0.1) is 0 Å². The van der Waals surface area contributed by atoms with Crippen LogP contribution in [0.5, 0.6) is 5.75 Å². The van der Waals surface area contributed by atoms with Gasteiger partial charge in [0.1, 0.15) is 0 Å². The van der Waals surface area contributed by atoms with Crippen molar-refractivity contribution >= 4 is 36.5 Å². The number of amides is 1. The van der Waals surface area contributed by atoms with Gasteiger partial charge in [-0.25, -0.2) is 0 Å². The first-order valence-corrected chi connectivity index (χ1v) is 6.74. The van der Waals surface area contributed by atoms with E-state index >= 15 is 0 Å². The third-order valence-corrected chi connectivity index (χ3v) is 3.98. The number of hydrogen-bond acceptors (Lipinski definition) is 3. The molecule has 5 heteroatoms. The molecule has 84 valence electrons. The van der Waals surface area contributed by atoms with Crippen molar-refractivity contribution in [3.63, 3.8) is 0 Å². The van der Waals surface area contributed by atoms with E-state index in [2.05, 4.69) is 0 Å². The van der Waals surface area contributed by atoms with Crippen molar-refractivity contribution in [2.45, 2.75) is 5.32 Å². The van der Waals surface area contributed by atoms with Crippen molar-refractivity contribution in [3.8, 4) is 5.75 Å². The summed E-state index contributed by atoms with van der Waals surface area (Å²) < 4.78 is 11.5. The van der Waals surface area contributed by atoms with Crippen LogP contribution in [0, 0.1) is 0 Å². The molecule has 0 aliphatic carbocycles. The predicted molar refractivity (Wildman–Crippen MR) is 62.2 cm³/mol. The zero-order valence-corrected chi connectivity index (χ0v) is 10.4. The van der Waals surface area contributed by atoms with Gasteiger partial charge in [-0.1, -0.05) is 0 Å². The van der Waals surface area contributed by atoms with Crippen LogP contribution in [0.1, 0.15) is 0 Å².